The number of nitrogens with one attached hydrogen (secondary N) is 1. The summed E-state index contributed by atoms with van der Waals surface area (Å²) < 4.78 is 0. The minimum absolute atomic E-state index is 0.0346. The van der Waals surface area contributed by atoms with Gasteiger partial charge in [-0.25, -0.2) is 10.8 Å². The van der Waals surface area contributed by atoms with Crippen LogP contribution in [0.2, 0.25) is 0 Å². The number of hydrazine groups is 1. The largest absolute Gasteiger partial charge is 0.345 e. The molecule has 0 aliphatic rings. The second kappa shape index (κ2) is 4.97. The highest BCUT2D eigenvalue weighted by Crippen LogP contribution is 2.13. The van der Waals surface area contributed by atoms with Gasteiger partial charge < -0.3 is 4.98 Å². The molecule has 0 aliphatic heterocycles. The number of aromatic amines is 1. The number of carbonyl (C=O) groups is 1. The molecule has 1 heterocycles. The van der Waals surface area contributed by atoms with Crippen LogP contribution in [0.3, 0.4) is 0 Å². The Morgan fingerprint density at radius 1 is 1.53 bits per heavy atom. The van der Waals surface area contributed by atoms with Crippen LogP contribution in [0.15, 0.2) is 24.5 Å². The molecule has 17 heavy (non-hydrogen) atoms. The van der Waals surface area contributed by atoms with Crippen LogP contribution in [-0.2, 0) is 11.2 Å². The maximum atomic E-state index is 11.3. The molecule has 0 unspecified atom stereocenters. The Bertz CT molecular complexity index is 518. The van der Waals surface area contributed by atoms with Gasteiger partial charge in [-0.3, -0.25) is 9.80 Å². The van der Waals surface area contributed by atoms with Gasteiger partial charge in [0.15, 0.2) is 0 Å². The first-order chi connectivity index (χ1) is 8.16. The number of H-pyrrole nitrogens is 1. The SMILES string of the molecule is CN(N)C(=O)CCCc1ccc2nc[nH]c2c1. The molecule has 0 bridgehead atoms. The Morgan fingerprint density at radius 3 is 3.12 bits per heavy atom. The van der Waals surface area contributed by atoms with Crippen LogP contribution < -0.4 is 5.84 Å². The standard InChI is InChI=1S/C12H16N4O/c1-16(13)12(17)4-2-3-9-5-6-10-11(7-9)15-8-14-10/h5-8H,2-4,13H2,1H3,(H,14,15). The van der Waals surface area contributed by atoms with Gasteiger partial charge in [-0.15, -0.1) is 0 Å². The number of amides is 1. The van der Waals surface area contributed by atoms with Crippen LogP contribution in [0.5, 0.6) is 0 Å². The lowest BCUT2D eigenvalue weighted by Gasteiger charge is -2.09. The lowest BCUT2D eigenvalue weighted by atomic mass is 10.1. The number of imidazole rings is 1. The van der Waals surface area contributed by atoms with E-state index in [0.29, 0.717) is 6.42 Å². The molecule has 0 saturated carbocycles. The van der Waals surface area contributed by atoms with E-state index in [9.17, 15) is 4.79 Å². The molecule has 0 radical (unpaired) electrons. The van der Waals surface area contributed by atoms with E-state index >= 15 is 0 Å². The molecule has 0 saturated heterocycles. The molecule has 0 fully saturated rings. The fourth-order valence-corrected chi connectivity index (χ4v) is 1.76. The number of benzene rings is 1. The highest BCUT2D eigenvalue weighted by atomic mass is 16.2. The van der Waals surface area contributed by atoms with Crippen molar-refractivity contribution in [3.05, 3.63) is 30.1 Å². The lowest BCUT2D eigenvalue weighted by Crippen LogP contribution is -2.32. The topological polar surface area (TPSA) is 75.0 Å². The molecule has 1 aromatic heterocycles. The van der Waals surface area contributed by atoms with Crippen molar-refractivity contribution in [3.63, 3.8) is 0 Å². The minimum atomic E-state index is -0.0346. The van der Waals surface area contributed by atoms with Crippen molar-refractivity contribution in [1.82, 2.24) is 15.0 Å². The summed E-state index contributed by atoms with van der Waals surface area (Å²) in [7, 11) is 1.57. The lowest BCUT2D eigenvalue weighted by molar-refractivity contribution is -0.130. The second-order valence-corrected chi connectivity index (χ2v) is 4.11. The molecule has 2 aromatic rings. The van der Waals surface area contributed by atoms with Crippen LogP contribution in [0.1, 0.15) is 18.4 Å². The van der Waals surface area contributed by atoms with Gasteiger partial charge in [0.05, 0.1) is 17.4 Å². The van der Waals surface area contributed by atoms with E-state index in [2.05, 4.69) is 16.0 Å². The van der Waals surface area contributed by atoms with E-state index < -0.39 is 0 Å². The quantitative estimate of drug-likeness (QED) is 0.473. The highest BCUT2D eigenvalue weighted by molar-refractivity contribution is 5.76. The van der Waals surface area contributed by atoms with Crippen molar-refractivity contribution in [3.8, 4) is 0 Å². The number of fused-ring (bicyclic) bond motifs is 1. The average molecular weight is 232 g/mol. The summed E-state index contributed by atoms with van der Waals surface area (Å²) in [5, 5.41) is 1.14. The number of aromatic nitrogens is 2. The molecule has 90 valence electrons. The smallest absolute Gasteiger partial charge is 0.236 e. The first-order valence-electron chi connectivity index (χ1n) is 5.60. The average Bonchev–Trinajstić information content (AvgIpc) is 2.75. The van der Waals surface area contributed by atoms with E-state index in [0.717, 1.165) is 28.9 Å². The van der Waals surface area contributed by atoms with E-state index in [1.165, 1.54) is 5.56 Å². The van der Waals surface area contributed by atoms with Crippen LogP contribution in [-0.4, -0.2) is 27.9 Å². The zero-order valence-electron chi connectivity index (χ0n) is 9.81. The normalized spacial score (nSPS) is 10.7. The van der Waals surface area contributed by atoms with Gasteiger partial charge in [-0.2, -0.15) is 0 Å². The van der Waals surface area contributed by atoms with E-state index in [1.807, 2.05) is 12.1 Å². The van der Waals surface area contributed by atoms with Crippen molar-refractivity contribution < 1.29 is 4.79 Å². The van der Waals surface area contributed by atoms with Gasteiger partial charge in [-0.1, -0.05) is 6.07 Å². The number of nitrogens with zero attached hydrogens (tertiary/aromatic N) is 2. The zero-order chi connectivity index (χ0) is 12.3. The number of carbonyl (C=O) groups excluding carboxylic acids is 1. The summed E-state index contributed by atoms with van der Waals surface area (Å²) in [5.74, 6) is 5.31. The van der Waals surface area contributed by atoms with Crippen molar-refractivity contribution in [2.24, 2.45) is 5.84 Å². The van der Waals surface area contributed by atoms with E-state index in [4.69, 9.17) is 5.84 Å². The molecule has 0 aliphatic carbocycles. The summed E-state index contributed by atoms with van der Waals surface area (Å²) >= 11 is 0. The maximum absolute atomic E-state index is 11.3. The molecule has 0 spiro atoms. The van der Waals surface area contributed by atoms with Crippen molar-refractivity contribution in [2.75, 3.05) is 7.05 Å². The van der Waals surface area contributed by atoms with Crippen LogP contribution in [0.4, 0.5) is 0 Å². The number of nitrogens with two attached hydrogens (primary N) is 1. The molecule has 3 N–H and O–H groups in total. The van der Waals surface area contributed by atoms with Gasteiger partial charge >= 0.3 is 0 Å². The Hall–Kier alpha value is -1.88. The summed E-state index contributed by atoms with van der Waals surface area (Å²) in [5.41, 5.74) is 3.20. The molecular formula is C12H16N4O. The van der Waals surface area contributed by atoms with Crippen molar-refractivity contribution in [1.29, 1.82) is 0 Å². The number of hydrogen-bond donors (Lipinski definition) is 2. The van der Waals surface area contributed by atoms with Gasteiger partial charge in [0, 0.05) is 13.5 Å². The van der Waals surface area contributed by atoms with Crippen LogP contribution >= 0.6 is 0 Å². The van der Waals surface area contributed by atoms with Gasteiger partial charge in [0.2, 0.25) is 5.91 Å². The minimum Gasteiger partial charge on any atom is -0.345 e. The summed E-state index contributed by atoms with van der Waals surface area (Å²) in [4.78, 5) is 18.5. The third-order valence-electron chi connectivity index (χ3n) is 2.73. The first kappa shape index (κ1) is 11.6. The fraction of sp³-hybridized carbons (Fsp3) is 0.333. The Labute approximate surface area is 99.6 Å². The predicted octanol–water partition coefficient (Wildman–Crippen LogP) is 1.22. The van der Waals surface area contributed by atoms with E-state index in [1.54, 1.807) is 13.4 Å². The Balaban J connectivity index is 1.92. The number of rotatable bonds is 4. The first-order valence-corrected chi connectivity index (χ1v) is 5.60. The van der Waals surface area contributed by atoms with Gasteiger partial charge in [0.25, 0.3) is 0 Å². The number of aryl methyl sites for hydroxylation is 1. The summed E-state index contributed by atoms with van der Waals surface area (Å²) in [6.07, 6.45) is 3.84. The molecule has 0 atom stereocenters. The third kappa shape index (κ3) is 2.82. The molecular weight excluding hydrogens is 216 g/mol. The predicted molar refractivity (Wildman–Crippen MR) is 66.0 cm³/mol. The van der Waals surface area contributed by atoms with E-state index in [-0.39, 0.29) is 5.91 Å². The Kier molecular flexibility index (Phi) is 3.39. The third-order valence-corrected chi connectivity index (χ3v) is 2.73. The summed E-state index contributed by atoms with van der Waals surface area (Å²) in [6, 6.07) is 6.09. The maximum Gasteiger partial charge on any atom is 0.236 e. The molecule has 1 amide bonds. The van der Waals surface area contributed by atoms with Crippen molar-refractivity contribution >= 4 is 16.9 Å². The Morgan fingerprint density at radius 2 is 2.35 bits per heavy atom. The van der Waals surface area contributed by atoms with Crippen molar-refractivity contribution in [2.45, 2.75) is 19.3 Å². The highest BCUT2D eigenvalue weighted by Gasteiger charge is 2.04. The van der Waals surface area contributed by atoms with Gasteiger partial charge in [-0.05, 0) is 30.5 Å². The van der Waals surface area contributed by atoms with Gasteiger partial charge in [0.1, 0.15) is 0 Å². The second-order valence-electron chi connectivity index (χ2n) is 4.11. The summed E-state index contributed by atoms with van der Waals surface area (Å²) in [6.45, 7) is 0. The molecule has 2 rings (SSSR count). The van der Waals surface area contributed by atoms with Crippen LogP contribution in [0, 0.1) is 0 Å². The monoisotopic (exact) mass is 232 g/mol. The number of hydrogen-bond acceptors (Lipinski definition) is 3. The fourth-order valence-electron chi connectivity index (χ4n) is 1.76. The zero-order valence-corrected chi connectivity index (χ0v) is 9.81. The van der Waals surface area contributed by atoms with Crippen LogP contribution in [0.25, 0.3) is 11.0 Å². The molecule has 5 heteroatoms. The molecule has 5 nitrogen and oxygen atoms in total. The molecule has 1 aromatic carbocycles.